The fourth-order valence-electron chi connectivity index (χ4n) is 11.2. The smallest absolute Gasteiger partial charge is 0.316 e. The van der Waals surface area contributed by atoms with Crippen molar-refractivity contribution in [2.75, 3.05) is 34.5 Å². The summed E-state index contributed by atoms with van der Waals surface area (Å²) < 4.78 is 70.0. The van der Waals surface area contributed by atoms with E-state index >= 15 is 0 Å². The molecule has 0 aromatic rings. The summed E-state index contributed by atoms with van der Waals surface area (Å²) in [7, 11) is 4.78. The molecule has 1 aliphatic carbocycles. The van der Waals surface area contributed by atoms with Crippen molar-refractivity contribution < 1.29 is 71.9 Å². The average Bonchev–Trinajstić information content (AvgIpc) is 3.63. The second kappa shape index (κ2) is 22.1. The van der Waals surface area contributed by atoms with Crippen LogP contribution in [0, 0.1) is 23.7 Å². The minimum Gasteiger partial charge on any atom is -0.462 e. The third kappa shape index (κ3) is 11.2. The molecule has 0 saturated carbocycles. The number of fused-ring (bicyclic) bond motifs is 2. The van der Waals surface area contributed by atoms with Crippen LogP contribution in [0.25, 0.3) is 0 Å². The van der Waals surface area contributed by atoms with Gasteiger partial charge in [0.1, 0.15) is 35.9 Å². The van der Waals surface area contributed by atoms with Gasteiger partial charge < -0.3 is 67.6 Å². The molecule has 20 atom stereocenters. The van der Waals surface area contributed by atoms with E-state index in [0.717, 1.165) is 12.0 Å². The van der Waals surface area contributed by atoms with E-state index in [1.54, 1.807) is 26.4 Å². The molecule has 3 N–H and O–H groups in total. The quantitative estimate of drug-likeness (QED) is 0.182. The van der Waals surface area contributed by atoms with Crippen LogP contribution >= 0.6 is 0 Å². The summed E-state index contributed by atoms with van der Waals surface area (Å²) in [5.74, 6) is -2.93. The minimum atomic E-state index is -1.90. The Hall–Kier alpha value is -2.84. The second-order valence-electron chi connectivity index (χ2n) is 20.0. The molecule has 1 amide bonds. The number of aliphatic hydroxyl groups excluding tert-OH is 1. The number of esters is 1. The first-order valence-electron chi connectivity index (χ1n) is 24.4. The van der Waals surface area contributed by atoms with Crippen LogP contribution in [-0.4, -0.2) is 154 Å². The summed E-state index contributed by atoms with van der Waals surface area (Å²) in [6.45, 7) is 15.9. The highest BCUT2D eigenvalue weighted by Crippen LogP contribution is 2.47. The summed E-state index contributed by atoms with van der Waals surface area (Å²) in [5, 5.41) is 27.1. The zero-order chi connectivity index (χ0) is 48.4. The van der Waals surface area contributed by atoms with Gasteiger partial charge in [-0.05, 0) is 55.9 Å². The molecule has 0 unspecified atom stereocenters. The number of ether oxygens (including phenoxy) is 11. The van der Waals surface area contributed by atoms with Gasteiger partial charge in [0.15, 0.2) is 18.4 Å². The largest absolute Gasteiger partial charge is 0.462 e. The van der Waals surface area contributed by atoms with E-state index in [0.29, 0.717) is 36.8 Å². The molecule has 7 aliphatic rings. The molecule has 7 rings (SSSR count). The molecule has 6 aliphatic heterocycles. The van der Waals surface area contributed by atoms with E-state index in [4.69, 9.17) is 52.1 Å². The molecular weight excluding hydrogens is 867 g/mol. The van der Waals surface area contributed by atoms with Crippen LogP contribution in [0.2, 0.25) is 0 Å². The zero-order valence-corrected chi connectivity index (χ0v) is 41.3. The first-order valence-corrected chi connectivity index (χ1v) is 24.4. The molecule has 6 heterocycles. The molecule has 0 aromatic carbocycles. The maximum atomic E-state index is 14.5. The van der Waals surface area contributed by atoms with E-state index in [-0.39, 0.29) is 67.6 Å². The van der Waals surface area contributed by atoms with Gasteiger partial charge in [0.2, 0.25) is 5.91 Å². The topological polar surface area (TPSA) is 188 Å². The third-order valence-electron chi connectivity index (χ3n) is 15.1. The number of allylic oxidation sites excluding steroid dienone is 2. The van der Waals surface area contributed by atoms with Crippen molar-refractivity contribution in [3.63, 3.8) is 0 Å². The van der Waals surface area contributed by atoms with Crippen molar-refractivity contribution in [3.8, 4) is 0 Å². The average molecular weight is 944 g/mol. The molecule has 376 valence electrons. The molecule has 16 heteroatoms. The Morgan fingerprint density at radius 2 is 1.67 bits per heavy atom. The van der Waals surface area contributed by atoms with Crippen molar-refractivity contribution in [3.05, 3.63) is 59.3 Å². The van der Waals surface area contributed by atoms with Crippen LogP contribution in [0.15, 0.2) is 59.3 Å². The fraction of sp³-hybridized carbons (Fsp3) is 0.765. The Morgan fingerprint density at radius 1 is 0.955 bits per heavy atom. The predicted molar refractivity (Wildman–Crippen MR) is 245 cm³/mol. The van der Waals surface area contributed by atoms with Gasteiger partial charge in [-0.1, -0.05) is 70.6 Å². The lowest BCUT2D eigenvalue weighted by Gasteiger charge is -2.48. The fourth-order valence-corrected chi connectivity index (χ4v) is 11.2. The van der Waals surface area contributed by atoms with Crippen LogP contribution in [0.1, 0.15) is 93.9 Å². The van der Waals surface area contributed by atoms with Crippen LogP contribution < -0.4 is 5.32 Å². The summed E-state index contributed by atoms with van der Waals surface area (Å²) in [4.78, 5) is 26.5. The van der Waals surface area contributed by atoms with Crippen LogP contribution in [-0.2, 0) is 61.7 Å². The Morgan fingerprint density at radius 3 is 2.37 bits per heavy atom. The van der Waals surface area contributed by atoms with Crippen LogP contribution in [0.5, 0.6) is 0 Å². The van der Waals surface area contributed by atoms with Gasteiger partial charge in [-0.15, -0.1) is 0 Å². The number of amides is 1. The van der Waals surface area contributed by atoms with Gasteiger partial charge in [0.05, 0.1) is 62.0 Å². The Balaban J connectivity index is 1.18. The molecule has 4 fully saturated rings. The number of rotatable bonds is 11. The maximum absolute atomic E-state index is 14.5. The lowest BCUT2D eigenvalue weighted by Crippen LogP contribution is -2.58. The molecule has 1 spiro atoms. The van der Waals surface area contributed by atoms with Crippen LogP contribution in [0.3, 0.4) is 0 Å². The van der Waals surface area contributed by atoms with Crippen molar-refractivity contribution in [1.82, 2.24) is 5.32 Å². The summed E-state index contributed by atoms with van der Waals surface area (Å²) in [6.07, 6.45) is 8.97. The lowest BCUT2D eigenvalue weighted by atomic mass is 9.70. The first kappa shape index (κ1) is 52.0. The highest BCUT2D eigenvalue weighted by Gasteiger charge is 2.60. The number of methoxy groups -OCH3 is 3. The number of carbonyl (C=O) groups is 2. The first-order chi connectivity index (χ1) is 31.9. The van der Waals surface area contributed by atoms with E-state index in [1.807, 2.05) is 39.0 Å². The standard InChI is InChI=1S/C51H77NO15/c1-12-27(2)46-30(5)18-19-50(67-46)24-37-21-36(66-50)17-16-29(4)45(28(3)14-13-15-35-26-60-48-44(54)34(25-57-9)20-38(49(55)63-37)51(35,48)56)64-42-23-40(59-11)47(32(7)62-42)65-41-22-39(58-10)43(31(6)61-41)52-33(8)53/h13-16,18-20,27-28,30-32,36-48,54,56H,12,17,21-26H2,1-11H3,(H,52,53)/b14-13+,29-16+,35-15+/t27-,28-,30-,31-,32-,36+,37-,38-,39-,40-,41-,42-,43+,44+,45-,46+,47-,48+,50+,51+/m0/s1. The molecule has 0 aromatic heterocycles. The van der Waals surface area contributed by atoms with E-state index in [2.05, 4.69) is 45.2 Å². The van der Waals surface area contributed by atoms with Gasteiger partial charge in [-0.25, -0.2) is 0 Å². The molecular formula is C51H77NO15. The lowest BCUT2D eigenvalue weighted by molar-refractivity contribution is -0.311. The molecule has 2 bridgehead atoms. The maximum Gasteiger partial charge on any atom is 0.316 e. The normalized spacial score (nSPS) is 46.3. The van der Waals surface area contributed by atoms with Crippen molar-refractivity contribution in [2.45, 2.75) is 191 Å². The van der Waals surface area contributed by atoms with Gasteiger partial charge in [-0.2, -0.15) is 0 Å². The minimum absolute atomic E-state index is 0.00771. The predicted octanol–water partition coefficient (Wildman–Crippen LogP) is 5.15. The van der Waals surface area contributed by atoms with Gasteiger partial charge in [0, 0.05) is 65.8 Å². The van der Waals surface area contributed by atoms with E-state index in [9.17, 15) is 19.8 Å². The van der Waals surface area contributed by atoms with Crippen molar-refractivity contribution >= 4 is 11.9 Å². The summed E-state index contributed by atoms with van der Waals surface area (Å²) >= 11 is 0. The van der Waals surface area contributed by atoms with Gasteiger partial charge in [-0.3, -0.25) is 9.59 Å². The number of carbonyl (C=O) groups excluding carboxylic acids is 2. The summed E-state index contributed by atoms with van der Waals surface area (Å²) in [5.41, 5.74) is -0.0789. The van der Waals surface area contributed by atoms with E-state index < -0.39 is 84.7 Å². The molecule has 0 radical (unpaired) electrons. The van der Waals surface area contributed by atoms with Gasteiger partial charge >= 0.3 is 5.97 Å². The molecule has 4 saturated heterocycles. The number of aliphatic hydroxyl groups is 2. The third-order valence-corrected chi connectivity index (χ3v) is 15.1. The zero-order valence-electron chi connectivity index (χ0n) is 41.3. The Labute approximate surface area is 396 Å². The Kier molecular flexibility index (Phi) is 17.1. The summed E-state index contributed by atoms with van der Waals surface area (Å²) in [6, 6.07) is -0.319. The highest BCUT2D eigenvalue weighted by atomic mass is 16.7. The van der Waals surface area contributed by atoms with Crippen molar-refractivity contribution in [2.24, 2.45) is 23.7 Å². The van der Waals surface area contributed by atoms with Crippen molar-refractivity contribution in [1.29, 1.82) is 0 Å². The van der Waals surface area contributed by atoms with E-state index in [1.165, 1.54) is 14.0 Å². The highest BCUT2D eigenvalue weighted by molar-refractivity contribution is 5.78. The number of nitrogens with one attached hydrogen (secondary N) is 1. The molecule has 16 nitrogen and oxygen atoms in total. The molecule has 67 heavy (non-hydrogen) atoms. The second-order valence-corrected chi connectivity index (χ2v) is 20.0. The number of hydrogen-bond acceptors (Lipinski definition) is 15. The SMILES string of the molecule is CC[C@H](C)[C@H]1O[C@]2(C=C[C@@H]1C)C[C@@H]1C[C@@H](C/C=C(\C)[C@@H](O[C@H]3C[C@H](OC)[C@@H](O[C@H]4C[C@H](OC)[C@H](NC(C)=O)[C@H](C)O4)[C@H](C)O3)[C@@H](C)/C=C/C=C3\CO[C@@H]4[C@H](O)C(COC)=C[C@@H](C(=O)O1)[C@]34O)O2. The number of hydrogen-bond donors (Lipinski definition) is 3. The monoisotopic (exact) mass is 944 g/mol. The van der Waals surface area contributed by atoms with Crippen LogP contribution in [0.4, 0.5) is 0 Å². The Bertz CT molecular complexity index is 1880. The van der Waals surface area contributed by atoms with Gasteiger partial charge in [0.25, 0.3) is 0 Å².